The average molecular weight is 458 g/mol. The molecule has 0 fully saturated rings. The first-order chi connectivity index (χ1) is 15.0. The van der Waals surface area contributed by atoms with Crippen molar-refractivity contribution < 1.29 is 35.9 Å². The number of carbonyl (C=O) groups is 1. The van der Waals surface area contributed by atoms with Crippen molar-refractivity contribution in [3.63, 3.8) is 0 Å². The van der Waals surface area contributed by atoms with Crippen molar-refractivity contribution in [1.29, 1.82) is 0 Å². The number of nitrogens with zero attached hydrogens (tertiary/aromatic N) is 6. The van der Waals surface area contributed by atoms with Crippen LogP contribution in [0.3, 0.4) is 0 Å². The zero-order valence-electron chi connectivity index (χ0n) is 16.0. The molecule has 3 heterocycles. The lowest BCUT2D eigenvalue weighted by atomic mass is 10.1. The van der Waals surface area contributed by atoms with Gasteiger partial charge in [0, 0.05) is 29.7 Å². The molecule has 0 amide bonds. The summed E-state index contributed by atoms with van der Waals surface area (Å²) in [6.45, 7) is 1.62. The smallest absolute Gasteiger partial charge is 0.433 e. The highest BCUT2D eigenvalue weighted by Crippen LogP contribution is 2.35. The number of pyridine rings is 1. The number of hydrogen-bond donors (Lipinski definition) is 0. The standard InChI is InChI=1S/C18H12F6N6O2/c1-2-32-16(31)12(11-5-25-8-26-6-11)7-30-9-27-15(29-30)10-3-13(17(19,20)21)28-14(4-10)18(22,23)24/h3-9H,2H2,1H3/b12-7+. The van der Waals surface area contributed by atoms with Crippen molar-refractivity contribution in [2.24, 2.45) is 0 Å². The number of aromatic nitrogens is 6. The Morgan fingerprint density at radius 3 is 2.19 bits per heavy atom. The number of rotatable bonds is 5. The molecule has 0 aliphatic heterocycles. The van der Waals surface area contributed by atoms with Crippen molar-refractivity contribution in [1.82, 2.24) is 29.7 Å². The van der Waals surface area contributed by atoms with Gasteiger partial charge in [-0.2, -0.15) is 26.3 Å². The Labute approximate surface area is 175 Å². The number of esters is 1. The van der Waals surface area contributed by atoms with Crippen LogP contribution in [-0.4, -0.2) is 42.3 Å². The molecule has 8 nitrogen and oxygen atoms in total. The molecule has 3 aromatic rings. The van der Waals surface area contributed by atoms with Crippen LogP contribution < -0.4 is 0 Å². The van der Waals surface area contributed by atoms with Crippen molar-refractivity contribution >= 4 is 17.7 Å². The monoisotopic (exact) mass is 458 g/mol. The van der Waals surface area contributed by atoms with Gasteiger partial charge < -0.3 is 4.74 Å². The predicted molar refractivity (Wildman–Crippen MR) is 96.1 cm³/mol. The van der Waals surface area contributed by atoms with Gasteiger partial charge >= 0.3 is 18.3 Å². The highest BCUT2D eigenvalue weighted by molar-refractivity contribution is 6.20. The molecule has 0 bridgehead atoms. The third kappa shape index (κ3) is 5.25. The Balaban J connectivity index is 2.06. The summed E-state index contributed by atoms with van der Waals surface area (Å²) >= 11 is 0. The van der Waals surface area contributed by atoms with Gasteiger partial charge in [-0.1, -0.05) is 0 Å². The van der Waals surface area contributed by atoms with E-state index in [1.54, 1.807) is 6.92 Å². The fraction of sp³-hybridized carbons (Fsp3) is 0.222. The molecular formula is C18H12F6N6O2. The summed E-state index contributed by atoms with van der Waals surface area (Å²) in [6.07, 6.45) is -4.28. The fourth-order valence-corrected chi connectivity index (χ4v) is 2.44. The fourth-order valence-electron chi connectivity index (χ4n) is 2.44. The molecule has 0 atom stereocenters. The lowest BCUT2D eigenvalue weighted by Crippen LogP contribution is -2.15. The normalized spacial score (nSPS) is 12.7. The maximum Gasteiger partial charge on any atom is 0.433 e. The van der Waals surface area contributed by atoms with Crippen LogP contribution >= 0.6 is 0 Å². The van der Waals surface area contributed by atoms with Crippen molar-refractivity contribution in [2.75, 3.05) is 6.61 Å². The minimum absolute atomic E-state index is 0.0456. The number of hydrogen-bond acceptors (Lipinski definition) is 7. The minimum atomic E-state index is -5.12. The van der Waals surface area contributed by atoms with Gasteiger partial charge in [0.05, 0.1) is 12.2 Å². The van der Waals surface area contributed by atoms with Gasteiger partial charge in [-0.15, -0.1) is 5.10 Å². The third-order valence-electron chi connectivity index (χ3n) is 3.80. The molecule has 0 spiro atoms. The largest absolute Gasteiger partial charge is 0.462 e. The molecule has 0 aromatic carbocycles. The van der Waals surface area contributed by atoms with Crippen LogP contribution in [0.15, 0.2) is 37.2 Å². The van der Waals surface area contributed by atoms with E-state index in [1.165, 1.54) is 18.7 Å². The van der Waals surface area contributed by atoms with E-state index < -0.39 is 41.1 Å². The summed E-state index contributed by atoms with van der Waals surface area (Å²) in [5.74, 6) is -1.23. The summed E-state index contributed by atoms with van der Waals surface area (Å²) in [5.41, 5.74) is -3.88. The maximum atomic E-state index is 13.0. The second kappa shape index (κ2) is 8.72. The lowest BCUT2D eigenvalue weighted by Gasteiger charge is -2.11. The highest BCUT2D eigenvalue weighted by Gasteiger charge is 2.39. The molecule has 0 unspecified atom stereocenters. The van der Waals surface area contributed by atoms with Gasteiger partial charge in [0.15, 0.2) is 5.82 Å². The van der Waals surface area contributed by atoms with Crippen molar-refractivity contribution in [2.45, 2.75) is 19.3 Å². The van der Waals surface area contributed by atoms with Crippen LogP contribution in [0.4, 0.5) is 26.3 Å². The van der Waals surface area contributed by atoms with E-state index in [0.717, 1.165) is 17.2 Å². The molecule has 0 aliphatic rings. The molecule has 0 N–H and O–H groups in total. The lowest BCUT2D eigenvalue weighted by molar-refractivity contribution is -0.150. The van der Waals surface area contributed by atoms with Gasteiger partial charge in [0.2, 0.25) is 0 Å². The number of carbonyl (C=O) groups excluding carboxylic acids is 1. The van der Waals surface area contributed by atoms with Crippen LogP contribution in [0.25, 0.3) is 23.2 Å². The van der Waals surface area contributed by atoms with Gasteiger partial charge in [-0.3, -0.25) is 0 Å². The van der Waals surface area contributed by atoms with E-state index in [1.807, 2.05) is 0 Å². The van der Waals surface area contributed by atoms with E-state index >= 15 is 0 Å². The number of halogens is 6. The van der Waals surface area contributed by atoms with E-state index in [-0.39, 0.29) is 17.7 Å². The predicted octanol–water partition coefficient (Wildman–Crippen LogP) is 3.73. The quantitative estimate of drug-likeness (QED) is 0.327. The number of alkyl halides is 6. The van der Waals surface area contributed by atoms with E-state index in [9.17, 15) is 31.1 Å². The maximum absolute atomic E-state index is 13.0. The summed E-state index contributed by atoms with van der Waals surface area (Å²) in [7, 11) is 0. The Bertz CT molecular complexity index is 1110. The van der Waals surface area contributed by atoms with Crippen LogP contribution in [0.1, 0.15) is 23.9 Å². The van der Waals surface area contributed by atoms with Crippen molar-refractivity contribution in [3.05, 3.63) is 54.1 Å². The number of ether oxygens (including phenoxy) is 1. The SMILES string of the molecule is CCOC(=O)/C(=C/n1cnc(-c2cc(C(F)(F)F)nc(C(F)(F)F)c2)n1)c1cncnc1. The van der Waals surface area contributed by atoms with Gasteiger partial charge in [0.25, 0.3) is 0 Å². The molecule has 0 saturated heterocycles. The van der Waals surface area contributed by atoms with Crippen LogP contribution in [0.2, 0.25) is 0 Å². The molecule has 3 aromatic heterocycles. The van der Waals surface area contributed by atoms with Gasteiger partial charge in [-0.25, -0.2) is 29.4 Å². The topological polar surface area (TPSA) is 95.7 Å². The summed E-state index contributed by atoms with van der Waals surface area (Å²) in [4.78, 5) is 26.2. The average Bonchev–Trinajstić information content (AvgIpc) is 3.20. The second-order valence-electron chi connectivity index (χ2n) is 6.06. The second-order valence-corrected chi connectivity index (χ2v) is 6.06. The Morgan fingerprint density at radius 2 is 1.66 bits per heavy atom. The first kappa shape index (κ1) is 22.8. The van der Waals surface area contributed by atoms with Crippen LogP contribution in [0.5, 0.6) is 0 Å². The molecule has 0 radical (unpaired) electrons. The minimum Gasteiger partial charge on any atom is -0.462 e. The molecule has 0 aliphatic carbocycles. The third-order valence-corrected chi connectivity index (χ3v) is 3.80. The Morgan fingerprint density at radius 1 is 1.06 bits per heavy atom. The zero-order chi connectivity index (χ0) is 23.5. The van der Waals surface area contributed by atoms with E-state index in [2.05, 4.69) is 25.0 Å². The Hall–Kier alpha value is -3.84. The molecule has 3 rings (SSSR count). The molecule has 32 heavy (non-hydrogen) atoms. The first-order valence-corrected chi connectivity index (χ1v) is 8.71. The molecule has 168 valence electrons. The first-order valence-electron chi connectivity index (χ1n) is 8.71. The molecule has 0 saturated carbocycles. The summed E-state index contributed by atoms with van der Waals surface area (Å²) in [6, 6.07) is 0.797. The zero-order valence-corrected chi connectivity index (χ0v) is 16.0. The molecule has 14 heteroatoms. The van der Waals surface area contributed by atoms with E-state index in [0.29, 0.717) is 12.1 Å². The van der Waals surface area contributed by atoms with Crippen LogP contribution in [0, 0.1) is 0 Å². The highest BCUT2D eigenvalue weighted by atomic mass is 19.4. The summed E-state index contributed by atoms with van der Waals surface area (Å²) < 4.78 is 84.1. The van der Waals surface area contributed by atoms with Crippen LogP contribution in [-0.2, 0) is 21.9 Å². The summed E-state index contributed by atoms with van der Waals surface area (Å²) in [5, 5.41) is 3.85. The Kier molecular flexibility index (Phi) is 6.23. The van der Waals surface area contributed by atoms with Gasteiger partial charge in [0.1, 0.15) is 24.0 Å². The van der Waals surface area contributed by atoms with Crippen molar-refractivity contribution in [3.8, 4) is 11.4 Å². The molecular weight excluding hydrogens is 446 g/mol. The van der Waals surface area contributed by atoms with Gasteiger partial charge in [-0.05, 0) is 19.1 Å². The van der Waals surface area contributed by atoms with E-state index in [4.69, 9.17) is 4.74 Å².